The van der Waals surface area contributed by atoms with E-state index >= 15 is 0 Å². The van der Waals surface area contributed by atoms with E-state index < -0.39 is 32.6 Å². The van der Waals surface area contributed by atoms with Crippen molar-refractivity contribution in [3.8, 4) is 16.9 Å². The molecule has 7 nitrogen and oxygen atoms in total. The van der Waals surface area contributed by atoms with Crippen LogP contribution in [-0.4, -0.2) is 56.6 Å². The number of carboxylic acid groups (broad SMARTS) is 1. The lowest BCUT2D eigenvalue weighted by Crippen LogP contribution is -2.45. The summed E-state index contributed by atoms with van der Waals surface area (Å²) in [4.78, 5) is 10.7. The molecule has 0 saturated heterocycles. The van der Waals surface area contributed by atoms with Crippen LogP contribution in [0.1, 0.15) is 55.9 Å². The molecule has 0 bridgehead atoms. The summed E-state index contributed by atoms with van der Waals surface area (Å²) in [7, 11) is -1.50. The molecule has 0 saturated carbocycles. The highest BCUT2D eigenvalue weighted by Crippen LogP contribution is 2.37. The van der Waals surface area contributed by atoms with Crippen LogP contribution in [0.2, 0.25) is 0 Å². The number of sulfonamides is 1. The van der Waals surface area contributed by atoms with Gasteiger partial charge in [0, 0.05) is 25.6 Å². The molecule has 0 amide bonds. The zero-order valence-electron chi connectivity index (χ0n) is 26.9. The molecule has 0 fully saturated rings. The summed E-state index contributed by atoms with van der Waals surface area (Å²) in [5.74, 6) is -0.241. The summed E-state index contributed by atoms with van der Waals surface area (Å²) >= 11 is 0. The van der Waals surface area contributed by atoms with E-state index in [1.807, 2.05) is 6.92 Å². The molecule has 0 radical (unpaired) electrons. The number of rotatable bonds is 14. The summed E-state index contributed by atoms with van der Waals surface area (Å²) < 4.78 is 75.7. The topological polar surface area (TPSA) is 95.9 Å². The number of aliphatic carboxylic acids is 1. The minimum absolute atomic E-state index is 0.0477. The zero-order chi connectivity index (χ0) is 33.9. The van der Waals surface area contributed by atoms with E-state index in [0.717, 1.165) is 29.6 Å². The highest BCUT2D eigenvalue weighted by molar-refractivity contribution is 7.89. The number of fused-ring (bicyclic) bond motifs is 1. The van der Waals surface area contributed by atoms with Crippen molar-refractivity contribution in [3.05, 3.63) is 82.9 Å². The van der Waals surface area contributed by atoms with Gasteiger partial charge in [-0.1, -0.05) is 37.3 Å². The molecular weight excluding hydrogens is 617 g/mol. The quantitative estimate of drug-likeness (QED) is 0.197. The molecule has 4 rings (SSSR count). The van der Waals surface area contributed by atoms with E-state index in [-0.39, 0.29) is 36.4 Å². The fourth-order valence-electron chi connectivity index (χ4n) is 6.29. The van der Waals surface area contributed by atoms with Crippen molar-refractivity contribution in [1.82, 2.24) is 9.62 Å². The number of benzene rings is 3. The molecule has 11 heteroatoms. The standard InChI is InChI=1S/C35H43F3N2O5S/c1-23(21-39-34(2,3)20-24-14-25-8-6-7-9-26(25)15-24)22-40(4)46(43,44)31-18-29(17-30(19-31)35(36,37)38)27-10-12-32(45-5)28(16-27)11-13-33(41)42/h6-10,12,16-19,23-24,39H,11,13-15,20-22H2,1-5H3,(H,41,42)/t23-/m1/s1. The summed E-state index contributed by atoms with van der Waals surface area (Å²) in [6.07, 6.45) is -1.87. The van der Waals surface area contributed by atoms with Crippen molar-refractivity contribution in [2.75, 3.05) is 27.2 Å². The van der Waals surface area contributed by atoms with Crippen LogP contribution in [0.3, 0.4) is 0 Å². The Kier molecular flexibility index (Phi) is 10.9. The number of nitrogens with zero attached hydrogens (tertiary/aromatic N) is 1. The number of hydrogen-bond acceptors (Lipinski definition) is 5. The Morgan fingerprint density at radius 2 is 1.70 bits per heavy atom. The molecule has 2 N–H and O–H groups in total. The Morgan fingerprint density at radius 1 is 1.04 bits per heavy atom. The third-order valence-corrected chi connectivity index (χ3v) is 10.4. The Labute approximate surface area is 269 Å². The second-order valence-corrected chi connectivity index (χ2v) is 15.1. The molecule has 1 aliphatic carbocycles. The number of aryl methyl sites for hydroxylation is 1. The van der Waals surface area contributed by atoms with Crippen molar-refractivity contribution in [2.24, 2.45) is 11.8 Å². The predicted molar refractivity (Wildman–Crippen MR) is 172 cm³/mol. The van der Waals surface area contributed by atoms with E-state index in [0.29, 0.717) is 35.4 Å². The van der Waals surface area contributed by atoms with Crippen molar-refractivity contribution in [3.63, 3.8) is 0 Å². The third-order valence-electron chi connectivity index (χ3n) is 8.60. The van der Waals surface area contributed by atoms with Crippen LogP contribution in [0.4, 0.5) is 13.2 Å². The van der Waals surface area contributed by atoms with Gasteiger partial charge in [-0.05, 0) is 116 Å². The van der Waals surface area contributed by atoms with Crippen LogP contribution < -0.4 is 10.1 Å². The van der Waals surface area contributed by atoms with Crippen LogP contribution in [0.25, 0.3) is 11.1 Å². The van der Waals surface area contributed by atoms with Gasteiger partial charge in [-0.25, -0.2) is 12.7 Å². The minimum atomic E-state index is -4.79. The SMILES string of the molecule is COc1ccc(-c2cc(C(F)(F)F)cc(S(=O)(=O)N(C)C[C@H](C)CNC(C)(C)CC3Cc4ccccc4C3)c2)cc1CCC(=O)O. The second-order valence-electron chi connectivity index (χ2n) is 13.1. The lowest BCUT2D eigenvalue weighted by atomic mass is 9.88. The van der Waals surface area contributed by atoms with Crippen LogP contribution in [0, 0.1) is 11.8 Å². The lowest BCUT2D eigenvalue weighted by molar-refractivity contribution is -0.138. The molecule has 250 valence electrons. The van der Waals surface area contributed by atoms with Crippen molar-refractivity contribution in [1.29, 1.82) is 0 Å². The van der Waals surface area contributed by atoms with Gasteiger partial charge in [0.1, 0.15) is 5.75 Å². The maximum Gasteiger partial charge on any atom is 0.416 e. The average molecular weight is 661 g/mol. The largest absolute Gasteiger partial charge is 0.496 e. The van der Waals surface area contributed by atoms with Gasteiger partial charge < -0.3 is 15.2 Å². The number of methoxy groups -OCH3 is 1. The summed E-state index contributed by atoms with van der Waals surface area (Å²) in [5, 5.41) is 12.7. The van der Waals surface area contributed by atoms with Crippen molar-refractivity contribution < 1.29 is 36.2 Å². The monoisotopic (exact) mass is 660 g/mol. The second kappa shape index (κ2) is 14.1. The van der Waals surface area contributed by atoms with Crippen LogP contribution in [0.15, 0.2) is 65.6 Å². The fraction of sp³-hybridized carbons (Fsp3) is 0.457. The van der Waals surface area contributed by atoms with Gasteiger partial charge in [0.15, 0.2) is 0 Å². The Balaban J connectivity index is 1.49. The number of halogens is 3. The first-order valence-corrected chi connectivity index (χ1v) is 16.8. The molecule has 0 unspecified atom stereocenters. The van der Waals surface area contributed by atoms with E-state index in [1.54, 1.807) is 0 Å². The Hall–Kier alpha value is -3.41. The average Bonchev–Trinajstić information content (AvgIpc) is 3.39. The van der Waals surface area contributed by atoms with E-state index in [1.165, 1.54) is 49.5 Å². The minimum Gasteiger partial charge on any atom is -0.496 e. The van der Waals surface area contributed by atoms with E-state index in [4.69, 9.17) is 9.84 Å². The maximum atomic E-state index is 14.0. The molecular formula is C35H43F3N2O5S. The molecule has 0 aliphatic heterocycles. The van der Waals surface area contributed by atoms with E-state index in [2.05, 4.69) is 43.4 Å². The highest BCUT2D eigenvalue weighted by atomic mass is 32.2. The van der Waals surface area contributed by atoms with Crippen molar-refractivity contribution >= 4 is 16.0 Å². The number of carboxylic acids is 1. The van der Waals surface area contributed by atoms with Crippen LogP contribution in [0.5, 0.6) is 5.75 Å². The molecule has 3 aromatic rings. The summed E-state index contributed by atoms with van der Waals surface area (Å²) in [5.41, 5.74) is 2.37. The first-order chi connectivity index (χ1) is 21.5. The van der Waals surface area contributed by atoms with Gasteiger partial charge in [-0.15, -0.1) is 0 Å². The molecule has 0 aromatic heterocycles. The summed E-state index contributed by atoms with van der Waals surface area (Å²) in [6, 6.07) is 15.9. The number of carbonyl (C=O) groups is 1. The van der Waals surface area contributed by atoms with Gasteiger partial charge in [-0.2, -0.15) is 13.2 Å². The molecule has 0 heterocycles. The van der Waals surface area contributed by atoms with Gasteiger partial charge in [0.25, 0.3) is 0 Å². The third kappa shape index (κ3) is 8.89. The molecule has 1 aliphatic rings. The number of nitrogens with one attached hydrogen (secondary N) is 1. The molecule has 0 spiro atoms. The van der Waals surface area contributed by atoms with Crippen LogP contribution in [-0.2, 0) is 40.3 Å². The van der Waals surface area contributed by atoms with Gasteiger partial charge in [0.05, 0.1) is 17.6 Å². The predicted octanol–water partition coefficient (Wildman–Crippen LogP) is 6.83. The molecule has 46 heavy (non-hydrogen) atoms. The van der Waals surface area contributed by atoms with E-state index in [9.17, 15) is 26.4 Å². The first-order valence-electron chi connectivity index (χ1n) is 15.4. The normalized spacial score (nSPS) is 14.8. The molecule has 3 aromatic carbocycles. The Bertz CT molecular complexity index is 1630. The van der Waals surface area contributed by atoms with Gasteiger partial charge in [0.2, 0.25) is 10.0 Å². The first kappa shape index (κ1) is 35.4. The number of hydrogen-bond donors (Lipinski definition) is 2. The zero-order valence-corrected chi connectivity index (χ0v) is 27.8. The van der Waals surface area contributed by atoms with Gasteiger partial charge >= 0.3 is 12.1 Å². The lowest BCUT2D eigenvalue weighted by Gasteiger charge is -2.31. The fourth-order valence-corrected chi connectivity index (χ4v) is 7.66. The van der Waals surface area contributed by atoms with Gasteiger partial charge in [-0.3, -0.25) is 4.79 Å². The number of ether oxygens (including phenoxy) is 1. The number of alkyl halides is 3. The van der Waals surface area contributed by atoms with Crippen LogP contribution >= 0.6 is 0 Å². The van der Waals surface area contributed by atoms with Crippen molar-refractivity contribution in [2.45, 2.75) is 69.5 Å². The maximum absolute atomic E-state index is 14.0. The molecule has 1 atom stereocenters. The Morgan fingerprint density at radius 3 is 2.28 bits per heavy atom. The summed E-state index contributed by atoms with van der Waals surface area (Å²) in [6.45, 7) is 6.83. The highest BCUT2D eigenvalue weighted by Gasteiger charge is 2.34. The smallest absolute Gasteiger partial charge is 0.416 e.